The van der Waals surface area contributed by atoms with Crippen molar-refractivity contribution in [3.05, 3.63) is 76.5 Å². The van der Waals surface area contributed by atoms with Gasteiger partial charge in [-0.15, -0.1) is 0 Å². The minimum atomic E-state index is -2.25. The number of aliphatic hydroxyl groups is 13. The highest BCUT2D eigenvalue weighted by atomic mass is 16.8. The van der Waals surface area contributed by atoms with Gasteiger partial charge in [0.1, 0.15) is 120 Å². The number of hydrogen-bond acceptors (Lipinski definition) is 31. The van der Waals surface area contributed by atoms with Gasteiger partial charge in [-0.05, 0) is 62.7 Å². The molecule has 6 heterocycles. The smallest absolute Gasteiger partial charge is 0.331 e. The molecule has 0 aliphatic carbocycles. The van der Waals surface area contributed by atoms with E-state index >= 15 is 0 Å². The molecule has 4 aromatic rings. The molecular weight excluding hydrogens is 1140 g/mol. The number of benzene rings is 3. The fourth-order valence-electron chi connectivity index (χ4n) is 10.1. The number of hydrogen-bond donors (Lipinski definition) is 17. The molecule has 0 spiro atoms. The van der Waals surface area contributed by atoms with E-state index in [-0.39, 0.29) is 17.1 Å². The summed E-state index contributed by atoms with van der Waals surface area (Å²) in [6, 6.07) is 10.7. The maximum atomic E-state index is 14.9. The number of fused-ring (bicyclic) bond motifs is 1. The van der Waals surface area contributed by atoms with Crippen LogP contribution in [-0.4, -0.2) is 260 Å². The Kier molecular flexibility index (Phi) is 19.6. The van der Waals surface area contributed by atoms with Crippen LogP contribution in [0.15, 0.2) is 69.9 Å². The number of ether oxygens (including phenoxy) is 11. The highest BCUT2D eigenvalue weighted by Gasteiger charge is 2.55. The standard InChI is InChI=1S/C54H66O31/c1-17-32(61)37(66)41(70)51(75-17)78-23-13-26(59)31-27(14-23)79-46(21-7-10-24(57)25(58)12-21)47(36(31)65)84-54-49(85-52-42(71)38(67)33(62)18(2)76-52)40(69)35(64)29(81-54)16-74-50-44(73)48(83-53-43(72)39(68)34(63)28(15-55)80-53)45(19(3)77-50)82-30(60)11-6-20-4-8-22(56)9-5-20/h4-14,17-19,28-29,32-35,37-45,48-59,61-64,66-73H,15-16H2,1-3H3/t17-,18-,19-,28+,29+,32-,33-,34+,35-,37+,38+,39-,40-,41+,42+,43+,44+,45-,48-,49+,50+,51-,52-,53-,54-/m0/s1. The van der Waals surface area contributed by atoms with Crippen LogP contribution in [0.25, 0.3) is 28.4 Å². The van der Waals surface area contributed by atoms with Gasteiger partial charge in [0.2, 0.25) is 23.8 Å². The molecule has 5 aliphatic rings. The summed E-state index contributed by atoms with van der Waals surface area (Å²) in [6.45, 7) is 2.20. The van der Waals surface area contributed by atoms with Crippen LogP contribution in [0.1, 0.15) is 26.3 Å². The van der Waals surface area contributed by atoms with E-state index in [9.17, 15) is 96.4 Å². The predicted molar refractivity (Wildman–Crippen MR) is 276 cm³/mol. The maximum Gasteiger partial charge on any atom is 0.331 e. The first kappa shape index (κ1) is 63.5. The van der Waals surface area contributed by atoms with Gasteiger partial charge in [-0.25, -0.2) is 4.79 Å². The first-order valence-corrected chi connectivity index (χ1v) is 26.6. The van der Waals surface area contributed by atoms with Gasteiger partial charge < -0.3 is 143 Å². The SMILES string of the molecule is C[C@@H]1O[C@@H](Oc2cc(O)c3c(=O)c(O[C@@H]4O[C@H](CO[C@@H]5O[C@@H](C)[C@H](OC(=O)C=Cc6ccc(O)cc6)[C@@H](O[C@@H]6O[C@H](CO)[C@@H](O)[C@H](O)[C@H]6O)[C@H]5O)[C@H](O)[C@H](O)[C@H]4O[C@@H]4O[C@@H](C)[C@H](O)[C@@H](O)[C@H]4O)c(-c4ccc(O)c(O)c4)oc3c2)[C@H](O)[C@H](O)[C@H]1O. The molecule has 25 atom stereocenters. The molecule has 468 valence electrons. The van der Waals surface area contributed by atoms with Gasteiger partial charge in [-0.1, -0.05) is 12.1 Å². The summed E-state index contributed by atoms with van der Waals surface area (Å²) in [5, 5.41) is 182. The third-order valence-corrected chi connectivity index (χ3v) is 15.1. The summed E-state index contributed by atoms with van der Waals surface area (Å²) in [7, 11) is 0. The zero-order valence-corrected chi connectivity index (χ0v) is 45.0. The number of esters is 1. The van der Waals surface area contributed by atoms with Crippen LogP contribution in [0, 0.1) is 0 Å². The normalized spacial score (nSPS) is 38.9. The lowest BCUT2D eigenvalue weighted by Crippen LogP contribution is -2.66. The minimum absolute atomic E-state index is 0.0528. The van der Waals surface area contributed by atoms with E-state index in [0.717, 1.165) is 36.4 Å². The van der Waals surface area contributed by atoms with Gasteiger partial charge in [0.05, 0.1) is 31.5 Å². The average Bonchev–Trinajstić information content (AvgIpc) is 2.48. The Bertz CT molecular complexity index is 3030. The molecule has 31 heteroatoms. The largest absolute Gasteiger partial charge is 0.508 e. The molecule has 17 N–H and O–H groups in total. The van der Waals surface area contributed by atoms with Gasteiger partial charge in [-0.2, -0.15) is 0 Å². The number of phenols is 4. The Morgan fingerprint density at radius 2 is 1.11 bits per heavy atom. The number of carbonyl (C=O) groups excluding carboxylic acids is 1. The number of carbonyl (C=O) groups is 1. The van der Waals surface area contributed by atoms with Gasteiger partial charge in [0.15, 0.2) is 48.3 Å². The van der Waals surface area contributed by atoms with E-state index in [2.05, 4.69) is 0 Å². The molecular formula is C54H66O31. The van der Waals surface area contributed by atoms with Crippen LogP contribution in [0.3, 0.4) is 0 Å². The van der Waals surface area contributed by atoms with Crippen LogP contribution >= 0.6 is 0 Å². The van der Waals surface area contributed by atoms with Crippen LogP contribution in [0.2, 0.25) is 0 Å². The predicted octanol–water partition coefficient (Wildman–Crippen LogP) is -4.54. The number of aromatic hydroxyl groups is 4. The molecule has 3 aromatic carbocycles. The van der Waals surface area contributed by atoms with Crippen molar-refractivity contribution >= 4 is 23.0 Å². The number of rotatable bonds is 16. The first-order valence-electron chi connectivity index (χ1n) is 26.6. The molecule has 9 rings (SSSR count). The molecule has 0 unspecified atom stereocenters. The van der Waals surface area contributed by atoms with Crippen molar-refractivity contribution < 1.29 is 148 Å². The highest BCUT2D eigenvalue weighted by molar-refractivity contribution is 5.89. The Morgan fingerprint density at radius 3 is 1.75 bits per heavy atom. The molecule has 0 saturated carbocycles. The summed E-state index contributed by atoms with van der Waals surface area (Å²) in [6.07, 6.45) is -43.0. The second-order valence-electron chi connectivity index (χ2n) is 21.0. The van der Waals surface area contributed by atoms with E-state index < -0.39 is 218 Å². The molecule has 1 aromatic heterocycles. The summed E-state index contributed by atoms with van der Waals surface area (Å²) in [5.41, 5.74) is -1.50. The van der Waals surface area contributed by atoms with Crippen molar-refractivity contribution in [1.82, 2.24) is 0 Å². The van der Waals surface area contributed by atoms with Crippen LogP contribution in [-0.2, 0) is 47.4 Å². The molecule has 0 radical (unpaired) electrons. The van der Waals surface area contributed by atoms with Crippen molar-refractivity contribution in [2.75, 3.05) is 13.2 Å². The molecule has 0 amide bonds. The lowest BCUT2D eigenvalue weighted by molar-refractivity contribution is -0.368. The summed E-state index contributed by atoms with van der Waals surface area (Å²) >= 11 is 0. The van der Waals surface area contributed by atoms with Crippen molar-refractivity contribution in [1.29, 1.82) is 0 Å². The van der Waals surface area contributed by atoms with E-state index in [1.165, 1.54) is 51.1 Å². The fourth-order valence-corrected chi connectivity index (χ4v) is 10.1. The second kappa shape index (κ2) is 26.2. The lowest BCUT2D eigenvalue weighted by atomic mass is 9.96. The number of aliphatic hydroxyl groups excluding tert-OH is 13. The quantitative estimate of drug-likeness (QED) is 0.0285. The van der Waals surface area contributed by atoms with Crippen molar-refractivity contribution in [3.8, 4) is 45.8 Å². The monoisotopic (exact) mass is 1210 g/mol. The maximum absolute atomic E-state index is 14.9. The van der Waals surface area contributed by atoms with Crippen molar-refractivity contribution in [2.24, 2.45) is 0 Å². The second-order valence-corrected chi connectivity index (χ2v) is 21.0. The number of phenolic OH excluding ortho intramolecular Hbond substituents is 4. The van der Waals surface area contributed by atoms with Crippen molar-refractivity contribution in [3.63, 3.8) is 0 Å². The van der Waals surface area contributed by atoms with Gasteiger partial charge in [-0.3, -0.25) is 4.79 Å². The van der Waals surface area contributed by atoms with E-state index in [4.69, 9.17) is 56.5 Å². The molecule has 85 heavy (non-hydrogen) atoms. The summed E-state index contributed by atoms with van der Waals surface area (Å²) in [4.78, 5) is 28.2. The zero-order chi connectivity index (χ0) is 61.6. The average molecular weight is 1210 g/mol. The molecule has 31 nitrogen and oxygen atoms in total. The van der Waals surface area contributed by atoms with Gasteiger partial charge in [0, 0.05) is 23.8 Å². The Morgan fingerprint density at radius 1 is 0.529 bits per heavy atom. The summed E-state index contributed by atoms with van der Waals surface area (Å²) in [5.74, 6) is -5.23. The molecule has 5 saturated heterocycles. The third-order valence-electron chi connectivity index (χ3n) is 15.1. The minimum Gasteiger partial charge on any atom is -0.508 e. The van der Waals surface area contributed by atoms with Crippen LogP contribution in [0.4, 0.5) is 0 Å². The first-order chi connectivity index (χ1) is 40.3. The van der Waals surface area contributed by atoms with Crippen LogP contribution in [0.5, 0.6) is 34.5 Å². The molecule has 5 aliphatic heterocycles. The van der Waals surface area contributed by atoms with E-state index in [1.807, 2.05) is 0 Å². The third kappa shape index (κ3) is 13.2. The van der Waals surface area contributed by atoms with E-state index in [0.29, 0.717) is 5.56 Å². The lowest BCUT2D eigenvalue weighted by Gasteiger charge is -2.47. The summed E-state index contributed by atoms with van der Waals surface area (Å²) < 4.78 is 70.4. The zero-order valence-electron chi connectivity index (χ0n) is 45.0. The molecule has 5 fully saturated rings. The van der Waals surface area contributed by atoms with Gasteiger partial charge >= 0.3 is 5.97 Å². The topological polar surface area (TPSA) is 493 Å². The Labute approximate surface area is 479 Å². The van der Waals surface area contributed by atoms with E-state index in [1.54, 1.807) is 0 Å². The van der Waals surface area contributed by atoms with Gasteiger partial charge in [0.25, 0.3) is 0 Å². The fraction of sp³-hybridized carbons (Fsp3) is 0.556. The highest BCUT2D eigenvalue weighted by Crippen LogP contribution is 2.42. The van der Waals surface area contributed by atoms with Crippen molar-refractivity contribution in [2.45, 2.75) is 174 Å². The van der Waals surface area contributed by atoms with Crippen LogP contribution < -0.4 is 14.9 Å². The molecule has 0 bridgehead atoms. The Hall–Kier alpha value is -5.96. The Balaban J connectivity index is 1.04.